The highest BCUT2D eigenvalue weighted by Gasteiger charge is 2.29. The highest BCUT2D eigenvalue weighted by atomic mass is 32.2. The van der Waals surface area contributed by atoms with Crippen molar-refractivity contribution in [2.45, 2.75) is 11.8 Å². The molecule has 0 spiro atoms. The first-order valence-corrected chi connectivity index (χ1v) is 12.3. The zero-order valence-electron chi connectivity index (χ0n) is 19.6. The van der Waals surface area contributed by atoms with E-state index in [1.807, 2.05) is 6.92 Å². The minimum atomic E-state index is -4.13. The van der Waals surface area contributed by atoms with E-state index in [1.54, 1.807) is 48.5 Å². The summed E-state index contributed by atoms with van der Waals surface area (Å²) in [6.45, 7) is 2.15. The second-order valence-corrected chi connectivity index (χ2v) is 9.63. The zero-order valence-corrected chi connectivity index (χ0v) is 20.4. The van der Waals surface area contributed by atoms with Gasteiger partial charge in [0.15, 0.2) is 11.5 Å². The second kappa shape index (κ2) is 10.1. The summed E-state index contributed by atoms with van der Waals surface area (Å²) in [5, 5.41) is 2.73. The molecule has 1 aliphatic heterocycles. The average Bonchev–Trinajstić information content (AvgIpc) is 2.87. The standard InChI is InChI=1S/C25H26N2O7S/c1-17-4-6-18(7-5-17)27(16-25(28)26-21-10-8-19(31-2)14-23(21)32-3)35(29,30)20-9-11-22-24(15-20)34-13-12-33-22/h4-11,14-15H,12-13,16H2,1-3H3,(H,26,28). The first-order chi connectivity index (χ1) is 16.8. The van der Waals surface area contributed by atoms with Crippen molar-refractivity contribution in [1.82, 2.24) is 0 Å². The molecular formula is C25H26N2O7S. The molecule has 35 heavy (non-hydrogen) atoms. The van der Waals surface area contributed by atoms with Crippen LogP contribution in [0.2, 0.25) is 0 Å². The van der Waals surface area contributed by atoms with Crippen LogP contribution in [0.25, 0.3) is 0 Å². The van der Waals surface area contributed by atoms with Crippen LogP contribution in [-0.2, 0) is 14.8 Å². The van der Waals surface area contributed by atoms with E-state index in [1.165, 1.54) is 26.4 Å². The Labute approximate surface area is 204 Å². The number of aryl methyl sites for hydroxylation is 1. The van der Waals surface area contributed by atoms with Crippen LogP contribution in [0.1, 0.15) is 5.56 Å². The van der Waals surface area contributed by atoms with Crippen LogP contribution in [0.5, 0.6) is 23.0 Å². The fraction of sp³-hybridized carbons (Fsp3) is 0.240. The fourth-order valence-corrected chi connectivity index (χ4v) is 5.00. The molecule has 0 fully saturated rings. The Hall–Kier alpha value is -3.92. The minimum Gasteiger partial charge on any atom is -0.497 e. The van der Waals surface area contributed by atoms with Crippen molar-refractivity contribution in [3.05, 3.63) is 66.2 Å². The Bertz CT molecular complexity index is 1320. The first-order valence-electron chi connectivity index (χ1n) is 10.8. The molecule has 4 rings (SSSR count). The topological polar surface area (TPSA) is 103 Å². The number of carbonyl (C=O) groups excluding carboxylic acids is 1. The second-order valence-electron chi connectivity index (χ2n) is 7.77. The molecule has 0 saturated heterocycles. The summed E-state index contributed by atoms with van der Waals surface area (Å²) in [5.74, 6) is 1.21. The van der Waals surface area contributed by atoms with Crippen molar-refractivity contribution in [3.8, 4) is 23.0 Å². The van der Waals surface area contributed by atoms with Crippen LogP contribution in [-0.4, -0.2) is 48.3 Å². The minimum absolute atomic E-state index is 0.0165. The van der Waals surface area contributed by atoms with E-state index in [0.29, 0.717) is 47.6 Å². The highest BCUT2D eigenvalue weighted by Crippen LogP contribution is 2.34. The molecule has 0 aliphatic carbocycles. The summed E-state index contributed by atoms with van der Waals surface area (Å²) in [6.07, 6.45) is 0. The van der Waals surface area contributed by atoms with E-state index >= 15 is 0 Å². The lowest BCUT2D eigenvalue weighted by Gasteiger charge is -2.25. The number of anilines is 2. The smallest absolute Gasteiger partial charge is 0.264 e. The molecule has 1 heterocycles. The van der Waals surface area contributed by atoms with E-state index in [0.717, 1.165) is 9.87 Å². The van der Waals surface area contributed by atoms with E-state index in [-0.39, 0.29) is 4.90 Å². The number of amides is 1. The summed E-state index contributed by atoms with van der Waals surface area (Å²) >= 11 is 0. The van der Waals surface area contributed by atoms with E-state index in [2.05, 4.69) is 5.32 Å². The van der Waals surface area contributed by atoms with Gasteiger partial charge in [0.05, 0.1) is 30.5 Å². The van der Waals surface area contributed by atoms with Gasteiger partial charge in [-0.15, -0.1) is 0 Å². The summed E-state index contributed by atoms with van der Waals surface area (Å²) in [6, 6.07) is 16.2. The Balaban J connectivity index is 1.66. The van der Waals surface area contributed by atoms with Crippen LogP contribution >= 0.6 is 0 Å². The third-order valence-electron chi connectivity index (χ3n) is 5.39. The number of nitrogens with one attached hydrogen (secondary N) is 1. The van der Waals surface area contributed by atoms with E-state index in [4.69, 9.17) is 18.9 Å². The Kier molecular flexibility index (Phi) is 7.02. The van der Waals surface area contributed by atoms with Gasteiger partial charge >= 0.3 is 0 Å². The molecule has 1 amide bonds. The van der Waals surface area contributed by atoms with Crippen molar-refractivity contribution in [1.29, 1.82) is 0 Å². The number of fused-ring (bicyclic) bond motifs is 1. The number of nitrogens with zero attached hydrogens (tertiary/aromatic N) is 1. The van der Waals surface area contributed by atoms with E-state index < -0.39 is 22.5 Å². The quantitative estimate of drug-likeness (QED) is 0.506. The summed E-state index contributed by atoms with van der Waals surface area (Å²) in [4.78, 5) is 13.0. The van der Waals surface area contributed by atoms with Gasteiger partial charge in [-0.1, -0.05) is 17.7 Å². The summed E-state index contributed by atoms with van der Waals surface area (Å²) < 4.78 is 50.0. The van der Waals surface area contributed by atoms with Crippen molar-refractivity contribution >= 4 is 27.3 Å². The number of hydrogen-bond acceptors (Lipinski definition) is 7. The molecular weight excluding hydrogens is 472 g/mol. The van der Waals surface area contributed by atoms with Crippen molar-refractivity contribution in [2.24, 2.45) is 0 Å². The predicted octanol–water partition coefficient (Wildman–Crippen LogP) is 3.62. The van der Waals surface area contributed by atoms with E-state index in [9.17, 15) is 13.2 Å². The Morgan fingerprint density at radius 1 is 0.943 bits per heavy atom. The largest absolute Gasteiger partial charge is 0.497 e. The summed E-state index contributed by atoms with van der Waals surface area (Å²) in [5.41, 5.74) is 1.69. The van der Waals surface area contributed by atoms with Gasteiger partial charge in [-0.3, -0.25) is 9.10 Å². The molecule has 9 nitrogen and oxygen atoms in total. The maximum Gasteiger partial charge on any atom is 0.264 e. The summed E-state index contributed by atoms with van der Waals surface area (Å²) in [7, 11) is -1.14. The number of sulfonamides is 1. The van der Waals surface area contributed by atoms with Crippen molar-refractivity contribution in [3.63, 3.8) is 0 Å². The van der Waals surface area contributed by atoms with Gasteiger partial charge in [0.25, 0.3) is 10.0 Å². The Morgan fingerprint density at radius 3 is 2.34 bits per heavy atom. The fourth-order valence-electron chi connectivity index (χ4n) is 3.56. The molecule has 3 aromatic carbocycles. The molecule has 1 aliphatic rings. The van der Waals surface area contributed by atoms with Crippen LogP contribution in [0.3, 0.4) is 0 Å². The maximum atomic E-state index is 13.7. The lowest BCUT2D eigenvalue weighted by Crippen LogP contribution is -2.38. The van der Waals surface area contributed by atoms with Gasteiger partial charge in [0.1, 0.15) is 31.3 Å². The van der Waals surface area contributed by atoms with Crippen molar-refractivity contribution < 1.29 is 32.2 Å². The predicted molar refractivity (Wildman–Crippen MR) is 131 cm³/mol. The third kappa shape index (κ3) is 5.27. The average molecular weight is 499 g/mol. The SMILES string of the molecule is COc1ccc(NC(=O)CN(c2ccc(C)cc2)S(=O)(=O)c2ccc3c(c2)OCCO3)c(OC)c1. The molecule has 0 unspecified atom stereocenters. The van der Waals surface area contributed by atoms with Gasteiger partial charge in [-0.25, -0.2) is 8.42 Å². The normalized spacial score (nSPS) is 12.5. The first kappa shape index (κ1) is 24.2. The number of benzene rings is 3. The number of methoxy groups -OCH3 is 2. The number of rotatable bonds is 8. The molecule has 0 radical (unpaired) electrons. The van der Waals surface area contributed by atoms with Crippen LogP contribution < -0.4 is 28.6 Å². The Morgan fingerprint density at radius 2 is 1.66 bits per heavy atom. The number of carbonyl (C=O) groups is 1. The van der Waals surface area contributed by atoms with Crippen LogP contribution in [0.15, 0.2) is 65.6 Å². The van der Waals surface area contributed by atoms with Crippen molar-refractivity contribution in [2.75, 3.05) is 43.6 Å². The molecule has 0 bridgehead atoms. The number of hydrogen-bond donors (Lipinski definition) is 1. The molecule has 3 aromatic rings. The zero-order chi connectivity index (χ0) is 25.0. The molecule has 10 heteroatoms. The van der Waals surface area contributed by atoms with Crippen LogP contribution in [0, 0.1) is 6.92 Å². The monoisotopic (exact) mass is 498 g/mol. The van der Waals surface area contributed by atoms with Gasteiger partial charge in [-0.05, 0) is 43.3 Å². The maximum absolute atomic E-state index is 13.7. The highest BCUT2D eigenvalue weighted by molar-refractivity contribution is 7.92. The molecule has 0 atom stereocenters. The van der Waals surface area contributed by atoms with Gasteiger partial charge in [0.2, 0.25) is 5.91 Å². The lowest BCUT2D eigenvalue weighted by molar-refractivity contribution is -0.114. The molecule has 184 valence electrons. The molecule has 0 saturated carbocycles. The third-order valence-corrected chi connectivity index (χ3v) is 7.16. The number of ether oxygens (including phenoxy) is 4. The molecule has 1 N–H and O–H groups in total. The van der Waals surface area contributed by atoms with Gasteiger partial charge in [-0.2, -0.15) is 0 Å². The van der Waals surface area contributed by atoms with Gasteiger partial charge in [0, 0.05) is 12.1 Å². The lowest BCUT2D eigenvalue weighted by atomic mass is 10.2. The molecule has 0 aromatic heterocycles. The van der Waals surface area contributed by atoms with Crippen LogP contribution in [0.4, 0.5) is 11.4 Å². The van der Waals surface area contributed by atoms with Gasteiger partial charge < -0.3 is 24.3 Å².